The fourth-order valence-corrected chi connectivity index (χ4v) is 4.20. The second kappa shape index (κ2) is 8.99. The number of aromatic nitrogens is 3. The summed E-state index contributed by atoms with van der Waals surface area (Å²) in [5.74, 6) is -2.53. The van der Waals surface area contributed by atoms with Crippen molar-refractivity contribution in [1.29, 1.82) is 0 Å². The van der Waals surface area contributed by atoms with Gasteiger partial charge in [0.1, 0.15) is 11.6 Å². The van der Waals surface area contributed by atoms with E-state index in [2.05, 4.69) is 31.2 Å². The van der Waals surface area contributed by atoms with Crippen molar-refractivity contribution in [3.05, 3.63) is 106 Å². The van der Waals surface area contributed by atoms with Crippen LogP contribution in [0.5, 0.6) is 0 Å². The first kappa shape index (κ1) is 22.8. The largest absolute Gasteiger partial charge is 0.322 e. The number of hydrogen-bond acceptors (Lipinski definition) is 3. The summed E-state index contributed by atoms with van der Waals surface area (Å²) < 4.78 is 43.6. The average Bonchev–Trinajstić information content (AvgIpc) is 3.27. The lowest BCUT2D eigenvalue weighted by Gasteiger charge is -2.11. The Morgan fingerprint density at radius 2 is 1.74 bits per heavy atom. The maximum absolute atomic E-state index is 14.4. The van der Waals surface area contributed by atoms with Gasteiger partial charge in [-0.2, -0.15) is 0 Å². The Bertz CT molecular complexity index is 1620. The predicted molar refractivity (Wildman–Crippen MR) is 131 cm³/mol. The smallest absolute Gasteiger partial charge is 0.257 e. The van der Waals surface area contributed by atoms with Crippen LogP contribution >= 0.6 is 15.9 Å². The average molecular weight is 537 g/mol. The van der Waals surface area contributed by atoms with E-state index in [0.717, 1.165) is 6.07 Å². The van der Waals surface area contributed by atoms with Crippen LogP contribution < -0.4 is 5.32 Å². The normalized spacial score (nSPS) is 11.1. The van der Waals surface area contributed by atoms with Gasteiger partial charge in [0.2, 0.25) is 0 Å². The monoisotopic (exact) mass is 536 g/mol. The van der Waals surface area contributed by atoms with Gasteiger partial charge in [0.05, 0.1) is 33.0 Å². The minimum Gasteiger partial charge on any atom is -0.322 e. The lowest BCUT2D eigenvalue weighted by molar-refractivity contribution is 0.102. The van der Waals surface area contributed by atoms with Crippen LogP contribution in [0.1, 0.15) is 16.1 Å². The molecule has 5 aromatic rings. The van der Waals surface area contributed by atoms with E-state index >= 15 is 0 Å². The summed E-state index contributed by atoms with van der Waals surface area (Å²) in [6.07, 6.45) is 4.89. The first-order valence-corrected chi connectivity index (χ1v) is 11.3. The molecule has 9 heteroatoms. The Hall–Kier alpha value is -3.98. The van der Waals surface area contributed by atoms with Gasteiger partial charge in [0, 0.05) is 29.2 Å². The van der Waals surface area contributed by atoms with Crippen LogP contribution in [0.25, 0.3) is 28.0 Å². The first-order chi connectivity index (χ1) is 16.8. The Morgan fingerprint density at radius 1 is 0.943 bits per heavy atom. The van der Waals surface area contributed by atoms with Crippen LogP contribution in [0.2, 0.25) is 0 Å². The molecule has 1 amide bonds. The van der Waals surface area contributed by atoms with Crippen LogP contribution in [0, 0.1) is 24.4 Å². The molecule has 174 valence electrons. The van der Waals surface area contributed by atoms with Crippen molar-refractivity contribution in [3.8, 4) is 22.5 Å². The second-order valence-corrected chi connectivity index (χ2v) is 8.65. The quantitative estimate of drug-likeness (QED) is 0.274. The van der Waals surface area contributed by atoms with Crippen LogP contribution in [-0.2, 0) is 0 Å². The summed E-state index contributed by atoms with van der Waals surface area (Å²) in [5.41, 5.74) is 3.27. The molecular formula is C26H16BrF3N4O. The molecular weight excluding hydrogens is 521 g/mol. The molecule has 3 aromatic heterocycles. The summed E-state index contributed by atoms with van der Waals surface area (Å²) in [5, 5.41) is 2.75. The molecule has 0 saturated heterocycles. The summed E-state index contributed by atoms with van der Waals surface area (Å²) in [6.45, 7) is 1.71. The third-order valence-electron chi connectivity index (χ3n) is 5.58. The first-order valence-electron chi connectivity index (χ1n) is 10.5. The van der Waals surface area contributed by atoms with Gasteiger partial charge in [0.15, 0.2) is 11.6 Å². The number of pyridine rings is 2. The molecule has 0 spiro atoms. The molecule has 2 aromatic carbocycles. The third-order valence-corrected chi connectivity index (χ3v) is 6.19. The standard InChI is InChI=1S/C26H16BrF3N4O/c1-14-19(26(35)33-16-7-8-21(28)20(27)11-16)10-15(12-31-14)17-5-3-9-34-23(17)13-32-25(34)18-4-2-6-22(29)24(18)30/h2-13H,1H3,(H,33,35). The van der Waals surface area contributed by atoms with Gasteiger partial charge >= 0.3 is 0 Å². The zero-order valence-electron chi connectivity index (χ0n) is 18.2. The van der Waals surface area contributed by atoms with Crippen molar-refractivity contribution in [2.45, 2.75) is 6.92 Å². The Balaban J connectivity index is 1.55. The lowest BCUT2D eigenvalue weighted by atomic mass is 10.0. The predicted octanol–water partition coefficient (Wildman–Crippen LogP) is 6.80. The SMILES string of the molecule is Cc1ncc(-c2cccn3c(-c4cccc(F)c4F)ncc23)cc1C(=O)Nc1ccc(F)c(Br)c1. The molecule has 0 unspecified atom stereocenters. The van der Waals surface area contributed by atoms with Crippen LogP contribution in [0.4, 0.5) is 18.9 Å². The van der Waals surface area contributed by atoms with Gasteiger partial charge in [-0.1, -0.05) is 12.1 Å². The summed E-state index contributed by atoms with van der Waals surface area (Å²) >= 11 is 3.11. The molecule has 35 heavy (non-hydrogen) atoms. The van der Waals surface area contributed by atoms with E-state index in [1.54, 1.807) is 42.0 Å². The van der Waals surface area contributed by atoms with Crippen molar-refractivity contribution < 1.29 is 18.0 Å². The van der Waals surface area contributed by atoms with Crippen molar-refractivity contribution in [2.24, 2.45) is 0 Å². The minimum atomic E-state index is -0.978. The molecule has 0 atom stereocenters. The van der Waals surface area contributed by atoms with Crippen molar-refractivity contribution >= 4 is 33.0 Å². The molecule has 5 rings (SSSR count). The van der Waals surface area contributed by atoms with Gasteiger partial charge in [-0.05, 0) is 65.3 Å². The van der Waals surface area contributed by atoms with Gasteiger partial charge in [0.25, 0.3) is 5.91 Å². The summed E-state index contributed by atoms with van der Waals surface area (Å²) in [6, 6.07) is 13.4. The third kappa shape index (κ3) is 4.19. The number of amides is 1. The molecule has 3 heterocycles. The Kier molecular flexibility index (Phi) is 5.86. The van der Waals surface area contributed by atoms with Crippen LogP contribution in [0.15, 0.2) is 77.7 Å². The van der Waals surface area contributed by atoms with E-state index in [-0.39, 0.29) is 15.9 Å². The topological polar surface area (TPSA) is 59.3 Å². The number of carbonyl (C=O) groups excluding carboxylic acids is 1. The fraction of sp³-hybridized carbons (Fsp3) is 0.0385. The molecule has 0 aliphatic rings. The molecule has 0 fully saturated rings. The van der Waals surface area contributed by atoms with Gasteiger partial charge in [-0.15, -0.1) is 0 Å². The van der Waals surface area contributed by atoms with Crippen LogP contribution in [0.3, 0.4) is 0 Å². The number of nitrogens with zero attached hydrogens (tertiary/aromatic N) is 3. The number of imidazole rings is 1. The van der Waals surface area contributed by atoms with Crippen molar-refractivity contribution in [1.82, 2.24) is 14.4 Å². The molecule has 0 bridgehead atoms. The maximum atomic E-state index is 14.4. The van der Waals surface area contributed by atoms with Crippen molar-refractivity contribution in [3.63, 3.8) is 0 Å². The van der Waals surface area contributed by atoms with E-state index < -0.39 is 23.4 Å². The number of halogens is 4. The van der Waals surface area contributed by atoms with Crippen molar-refractivity contribution in [2.75, 3.05) is 5.32 Å². The minimum absolute atomic E-state index is 0.0368. The van der Waals surface area contributed by atoms with Gasteiger partial charge in [-0.25, -0.2) is 18.2 Å². The number of carbonyl (C=O) groups is 1. The highest BCUT2D eigenvalue weighted by molar-refractivity contribution is 9.10. The molecule has 0 saturated carbocycles. The Labute approximate surface area is 206 Å². The van der Waals surface area contributed by atoms with E-state index in [9.17, 15) is 18.0 Å². The van der Waals surface area contributed by atoms with E-state index in [4.69, 9.17) is 0 Å². The van der Waals surface area contributed by atoms with Gasteiger partial charge in [-0.3, -0.25) is 14.2 Å². The van der Waals surface area contributed by atoms with E-state index in [1.807, 2.05) is 6.07 Å². The Morgan fingerprint density at radius 3 is 2.54 bits per heavy atom. The highest BCUT2D eigenvalue weighted by Crippen LogP contribution is 2.31. The number of rotatable bonds is 4. The second-order valence-electron chi connectivity index (χ2n) is 7.80. The maximum Gasteiger partial charge on any atom is 0.257 e. The van der Waals surface area contributed by atoms with Crippen LogP contribution in [-0.4, -0.2) is 20.3 Å². The number of fused-ring (bicyclic) bond motifs is 1. The molecule has 0 aliphatic carbocycles. The molecule has 0 radical (unpaired) electrons. The van der Waals surface area contributed by atoms with E-state index in [0.29, 0.717) is 33.6 Å². The highest BCUT2D eigenvalue weighted by atomic mass is 79.9. The number of nitrogens with one attached hydrogen (secondary N) is 1. The number of aryl methyl sites for hydroxylation is 1. The summed E-state index contributed by atoms with van der Waals surface area (Å²) in [7, 11) is 0. The number of anilines is 1. The highest BCUT2D eigenvalue weighted by Gasteiger charge is 2.18. The van der Waals surface area contributed by atoms with Gasteiger partial charge < -0.3 is 5.32 Å². The fourth-order valence-electron chi connectivity index (χ4n) is 3.82. The zero-order valence-corrected chi connectivity index (χ0v) is 19.8. The summed E-state index contributed by atoms with van der Waals surface area (Å²) in [4.78, 5) is 21.7. The van der Waals surface area contributed by atoms with E-state index in [1.165, 1.54) is 30.3 Å². The number of benzene rings is 2. The number of hydrogen-bond donors (Lipinski definition) is 1. The molecule has 1 N–H and O–H groups in total. The zero-order chi connectivity index (χ0) is 24.7. The lowest BCUT2D eigenvalue weighted by Crippen LogP contribution is -2.14. The molecule has 5 nitrogen and oxygen atoms in total. The molecule has 0 aliphatic heterocycles.